The summed E-state index contributed by atoms with van der Waals surface area (Å²) in [5, 5.41) is 3.02. The third-order valence-electron chi connectivity index (χ3n) is 5.62. The largest absolute Gasteiger partial charge is 0.352 e. The van der Waals surface area contributed by atoms with Crippen LogP contribution in [0, 0.1) is 5.92 Å². The van der Waals surface area contributed by atoms with Gasteiger partial charge in [0.2, 0.25) is 5.91 Å². The van der Waals surface area contributed by atoms with Gasteiger partial charge in [-0.1, -0.05) is 49.4 Å². The second-order valence-electron chi connectivity index (χ2n) is 7.59. The number of carbonyl (C=O) groups is 2. The smallest absolute Gasteiger partial charge is 0.253 e. The number of aryl methyl sites for hydroxylation is 1. The fourth-order valence-corrected chi connectivity index (χ4v) is 3.71. The fourth-order valence-electron chi connectivity index (χ4n) is 3.71. The summed E-state index contributed by atoms with van der Waals surface area (Å²) >= 11 is 0. The Morgan fingerprint density at radius 1 is 0.964 bits per heavy atom. The van der Waals surface area contributed by atoms with E-state index < -0.39 is 0 Å². The highest BCUT2D eigenvalue weighted by molar-refractivity contribution is 5.94. The predicted molar refractivity (Wildman–Crippen MR) is 112 cm³/mol. The van der Waals surface area contributed by atoms with Crippen LogP contribution in [0.4, 0.5) is 0 Å². The van der Waals surface area contributed by atoms with Crippen LogP contribution in [-0.4, -0.2) is 29.8 Å². The Kier molecular flexibility index (Phi) is 7.24. The van der Waals surface area contributed by atoms with Crippen molar-refractivity contribution in [2.75, 3.05) is 13.1 Å². The van der Waals surface area contributed by atoms with Gasteiger partial charge in [0.1, 0.15) is 0 Å². The molecule has 1 aliphatic heterocycles. The standard InChI is InChI=1S/C24H30N2O2/c1-2-19-8-10-21(11-9-19)18-25-23(27)13-12-20-14-16-26(17-15-20)24(28)22-6-4-3-5-7-22/h3-11,20H,2,12-18H2,1H3,(H,25,27). The van der Waals surface area contributed by atoms with E-state index in [1.54, 1.807) is 0 Å². The Labute approximate surface area is 167 Å². The summed E-state index contributed by atoms with van der Waals surface area (Å²) < 4.78 is 0. The SMILES string of the molecule is CCc1ccc(CNC(=O)CCC2CCN(C(=O)c3ccccc3)CC2)cc1. The van der Waals surface area contributed by atoms with E-state index in [0.717, 1.165) is 49.9 Å². The third kappa shape index (κ3) is 5.69. The van der Waals surface area contributed by atoms with Crippen LogP contribution in [0.1, 0.15) is 54.1 Å². The number of hydrogen-bond donors (Lipinski definition) is 1. The van der Waals surface area contributed by atoms with Gasteiger partial charge in [-0.15, -0.1) is 0 Å². The van der Waals surface area contributed by atoms with Gasteiger partial charge in [-0.2, -0.15) is 0 Å². The van der Waals surface area contributed by atoms with Crippen molar-refractivity contribution in [2.45, 2.75) is 45.6 Å². The minimum Gasteiger partial charge on any atom is -0.352 e. The zero-order chi connectivity index (χ0) is 19.8. The van der Waals surface area contributed by atoms with Crippen LogP contribution in [0.2, 0.25) is 0 Å². The van der Waals surface area contributed by atoms with E-state index in [9.17, 15) is 9.59 Å². The van der Waals surface area contributed by atoms with Crippen molar-refractivity contribution in [2.24, 2.45) is 5.92 Å². The molecule has 2 aromatic carbocycles. The van der Waals surface area contributed by atoms with Gasteiger partial charge < -0.3 is 10.2 Å². The highest BCUT2D eigenvalue weighted by Gasteiger charge is 2.23. The summed E-state index contributed by atoms with van der Waals surface area (Å²) in [6.07, 6.45) is 4.44. The van der Waals surface area contributed by atoms with Crippen LogP contribution in [0.15, 0.2) is 54.6 Å². The van der Waals surface area contributed by atoms with Gasteiger partial charge in [0.05, 0.1) is 0 Å². The maximum atomic E-state index is 12.5. The molecule has 3 rings (SSSR count). The molecule has 0 aliphatic carbocycles. The van der Waals surface area contributed by atoms with Crippen molar-refractivity contribution in [3.8, 4) is 0 Å². The fraction of sp³-hybridized carbons (Fsp3) is 0.417. The highest BCUT2D eigenvalue weighted by Crippen LogP contribution is 2.23. The molecule has 1 fully saturated rings. The van der Waals surface area contributed by atoms with E-state index in [0.29, 0.717) is 18.9 Å². The zero-order valence-electron chi connectivity index (χ0n) is 16.7. The molecule has 1 aliphatic rings. The Morgan fingerprint density at radius 3 is 2.25 bits per heavy atom. The summed E-state index contributed by atoms with van der Waals surface area (Å²) in [7, 11) is 0. The van der Waals surface area contributed by atoms with E-state index in [1.165, 1.54) is 5.56 Å². The number of hydrogen-bond acceptors (Lipinski definition) is 2. The van der Waals surface area contributed by atoms with Crippen molar-refractivity contribution in [1.29, 1.82) is 0 Å². The van der Waals surface area contributed by atoms with Crippen LogP contribution >= 0.6 is 0 Å². The number of benzene rings is 2. The molecule has 1 saturated heterocycles. The van der Waals surface area contributed by atoms with Crippen LogP contribution < -0.4 is 5.32 Å². The van der Waals surface area contributed by atoms with Crippen LogP contribution in [-0.2, 0) is 17.8 Å². The Bertz CT molecular complexity index is 763. The molecule has 0 unspecified atom stereocenters. The molecule has 28 heavy (non-hydrogen) atoms. The maximum absolute atomic E-state index is 12.5. The lowest BCUT2D eigenvalue weighted by Crippen LogP contribution is -2.38. The molecule has 0 spiro atoms. The minimum absolute atomic E-state index is 0.113. The van der Waals surface area contributed by atoms with Gasteiger partial charge in [0.15, 0.2) is 0 Å². The van der Waals surface area contributed by atoms with Gasteiger partial charge in [0.25, 0.3) is 5.91 Å². The number of nitrogens with zero attached hydrogens (tertiary/aromatic N) is 1. The minimum atomic E-state index is 0.113. The molecule has 1 heterocycles. The molecule has 2 aromatic rings. The number of piperidine rings is 1. The molecule has 148 valence electrons. The summed E-state index contributed by atoms with van der Waals surface area (Å²) in [5.41, 5.74) is 3.21. The lowest BCUT2D eigenvalue weighted by molar-refractivity contribution is -0.121. The normalized spacial score (nSPS) is 14.7. The lowest BCUT2D eigenvalue weighted by atomic mass is 9.91. The van der Waals surface area contributed by atoms with Crippen molar-refractivity contribution in [1.82, 2.24) is 10.2 Å². The lowest BCUT2D eigenvalue weighted by Gasteiger charge is -2.32. The molecule has 0 saturated carbocycles. The van der Waals surface area contributed by atoms with Crippen molar-refractivity contribution in [3.05, 3.63) is 71.3 Å². The van der Waals surface area contributed by atoms with Gasteiger partial charge in [-0.25, -0.2) is 0 Å². The van der Waals surface area contributed by atoms with Gasteiger partial charge in [-0.3, -0.25) is 9.59 Å². The van der Waals surface area contributed by atoms with E-state index in [-0.39, 0.29) is 11.8 Å². The maximum Gasteiger partial charge on any atom is 0.253 e. The summed E-state index contributed by atoms with van der Waals surface area (Å²) in [5.74, 6) is 0.752. The first-order valence-corrected chi connectivity index (χ1v) is 10.3. The average molecular weight is 379 g/mol. The van der Waals surface area contributed by atoms with Gasteiger partial charge in [-0.05, 0) is 54.9 Å². The molecule has 0 radical (unpaired) electrons. The van der Waals surface area contributed by atoms with Crippen LogP contribution in [0.5, 0.6) is 0 Å². The summed E-state index contributed by atoms with van der Waals surface area (Å²) in [6, 6.07) is 17.9. The van der Waals surface area contributed by atoms with E-state index in [2.05, 4.69) is 36.5 Å². The molecular weight excluding hydrogens is 348 g/mol. The first-order valence-electron chi connectivity index (χ1n) is 10.3. The van der Waals surface area contributed by atoms with Crippen molar-refractivity contribution in [3.63, 3.8) is 0 Å². The van der Waals surface area contributed by atoms with Crippen molar-refractivity contribution >= 4 is 11.8 Å². The molecule has 4 heteroatoms. The van der Waals surface area contributed by atoms with Gasteiger partial charge in [0, 0.05) is 31.6 Å². The first kappa shape index (κ1) is 20.1. The first-order chi connectivity index (χ1) is 13.7. The molecule has 0 atom stereocenters. The van der Waals surface area contributed by atoms with E-state index in [4.69, 9.17) is 0 Å². The molecule has 1 N–H and O–H groups in total. The molecule has 0 aromatic heterocycles. The van der Waals surface area contributed by atoms with Gasteiger partial charge >= 0.3 is 0 Å². The molecule has 2 amide bonds. The topological polar surface area (TPSA) is 49.4 Å². The average Bonchev–Trinajstić information content (AvgIpc) is 2.77. The molecule has 0 bridgehead atoms. The second-order valence-corrected chi connectivity index (χ2v) is 7.59. The number of rotatable bonds is 7. The quantitative estimate of drug-likeness (QED) is 0.785. The predicted octanol–water partition coefficient (Wildman–Crippen LogP) is 4.20. The number of nitrogens with one attached hydrogen (secondary N) is 1. The Hall–Kier alpha value is -2.62. The monoisotopic (exact) mass is 378 g/mol. The number of carbonyl (C=O) groups excluding carboxylic acids is 2. The van der Waals surface area contributed by atoms with E-state index in [1.807, 2.05) is 35.2 Å². The highest BCUT2D eigenvalue weighted by atomic mass is 16.2. The molecular formula is C24H30N2O2. The summed E-state index contributed by atoms with van der Waals surface area (Å²) in [6.45, 7) is 4.29. The van der Waals surface area contributed by atoms with Crippen LogP contribution in [0.25, 0.3) is 0 Å². The zero-order valence-corrected chi connectivity index (χ0v) is 16.7. The number of amides is 2. The van der Waals surface area contributed by atoms with E-state index >= 15 is 0 Å². The molecule has 4 nitrogen and oxygen atoms in total. The second kappa shape index (κ2) is 10.1. The number of likely N-dealkylation sites (tertiary alicyclic amines) is 1. The van der Waals surface area contributed by atoms with Crippen molar-refractivity contribution < 1.29 is 9.59 Å². The summed E-state index contributed by atoms with van der Waals surface area (Å²) in [4.78, 5) is 26.6. The Morgan fingerprint density at radius 2 is 1.61 bits per heavy atom. The third-order valence-corrected chi connectivity index (χ3v) is 5.62. The van der Waals surface area contributed by atoms with Crippen LogP contribution in [0.3, 0.4) is 0 Å². The Balaban J connectivity index is 1.35.